The van der Waals surface area contributed by atoms with Crippen molar-refractivity contribution in [3.05, 3.63) is 47.9 Å². The van der Waals surface area contributed by atoms with Gasteiger partial charge in [0.2, 0.25) is 0 Å². The highest BCUT2D eigenvalue weighted by atomic mass is 14.8. The van der Waals surface area contributed by atoms with Crippen molar-refractivity contribution < 1.29 is 0 Å². The summed E-state index contributed by atoms with van der Waals surface area (Å²) >= 11 is 0. The maximum Gasteiger partial charge on any atom is 0.116 e. The Morgan fingerprint density at radius 1 is 0.697 bits per heavy atom. The Morgan fingerprint density at radius 3 is 2.12 bits per heavy atom. The number of nitrogens with zero attached hydrogens (tertiary/aromatic N) is 2. The van der Waals surface area contributed by atoms with Crippen LogP contribution >= 0.6 is 0 Å². The van der Waals surface area contributed by atoms with Crippen LogP contribution in [0.2, 0.25) is 0 Å². The summed E-state index contributed by atoms with van der Waals surface area (Å²) in [5.74, 6) is 1.88. The van der Waals surface area contributed by atoms with E-state index in [-0.39, 0.29) is 0 Å². The first-order valence-electron chi connectivity index (χ1n) is 14.2. The highest BCUT2D eigenvalue weighted by Crippen LogP contribution is 2.35. The van der Waals surface area contributed by atoms with Gasteiger partial charge in [-0.2, -0.15) is 0 Å². The second-order valence-corrected chi connectivity index (χ2v) is 10.5. The predicted octanol–water partition coefficient (Wildman–Crippen LogP) is 9.37. The monoisotopic (exact) mass is 448 g/mol. The van der Waals surface area contributed by atoms with Gasteiger partial charge in [0.1, 0.15) is 6.33 Å². The summed E-state index contributed by atoms with van der Waals surface area (Å²) in [6.07, 6.45) is 26.9. The number of aryl methyl sites for hydroxylation is 2. The SMILES string of the molecule is CCCCCCCCCc1ccccc1-c1ncncc1CCC1CCC(CCCC)CC1. The number of rotatable bonds is 15. The molecule has 1 heterocycles. The number of unbranched alkanes of at least 4 members (excludes halogenated alkanes) is 7. The molecule has 0 atom stereocenters. The Bertz CT molecular complexity index is 776. The van der Waals surface area contributed by atoms with Gasteiger partial charge < -0.3 is 0 Å². The van der Waals surface area contributed by atoms with E-state index in [0.29, 0.717) is 0 Å². The van der Waals surface area contributed by atoms with E-state index in [0.717, 1.165) is 24.7 Å². The van der Waals surface area contributed by atoms with Crippen LogP contribution in [0, 0.1) is 11.8 Å². The molecule has 3 rings (SSSR count). The molecule has 0 spiro atoms. The maximum absolute atomic E-state index is 4.79. The van der Waals surface area contributed by atoms with E-state index in [1.54, 1.807) is 6.33 Å². The molecule has 0 unspecified atom stereocenters. The number of aromatic nitrogens is 2. The smallest absolute Gasteiger partial charge is 0.116 e. The second kappa shape index (κ2) is 15.3. The van der Waals surface area contributed by atoms with Crippen LogP contribution in [0.5, 0.6) is 0 Å². The van der Waals surface area contributed by atoms with Crippen LogP contribution in [0.15, 0.2) is 36.8 Å². The zero-order chi connectivity index (χ0) is 23.1. The molecule has 2 nitrogen and oxygen atoms in total. The standard InChI is InChI=1S/C31H48N2/c1-3-5-7-8-9-10-11-15-28-16-12-13-17-30(28)31-29(24-32-25-33-31)23-22-27-20-18-26(19-21-27)14-6-4-2/h12-13,16-17,24-27H,3-11,14-15,18-23H2,1-2H3. The van der Waals surface area contributed by atoms with Gasteiger partial charge >= 0.3 is 0 Å². The van der Waals surface area contributed by atoms with Crippen LogP contribution in [0.1, 0.15) is 121 Å². The van der Waals surface area contributed by atoms with E-state index in [1.807, 2.05) is 0 Å². The first-order valence-corrected chi connectivity index (χ1v) is 14.2. The number of hydrogen-bond donors (Lipinski definition) is 0. The van der Waals surface area contributed by atoms with Crippen LogP contribution in [0.25, 0.3) is 11.3 Å². The zero-order valence-electron chi connectivity index (χ0n) is 21.5. The van der Waals surface area contributed by atoms with Crippen molar-refractivity contribution in [2.75, 3.05) is 0 Å². The minimum absolute atomic E-state index is 0.888. The Morgan fingerprint density at radius 2 is 1.36 bits per heavy atom. The number of hydrogen-bond acceptors (Lipinski definition) is 2. The van der Waals surface area contributed by atoms with Crippen LogP contribution in [-0.2, 0) is 12.8 Å². The molecule has 1 aromatic heterocycles. The summed E-state index contributed by atoms with van der Waals surface area (Å²) in [6.45, 7) is 4.61. The third-order valence-electron chi connectivity index (χ3n) is 7.86. The summed E-state index contributed by atoms with van der Waals surface area (Å²) in [4.78, 5) is 9.20. The fraction of sp³-hybridized carbons (Fsp3) is 0.677. The van der Waals surface area contributed by atoms with Gasteiger partial charge in [-0.3, -0.25) is 0 Å². The van der Waals surface area contributed by atoms with Gasteiger partial charge in [-0.05, 0) is 48.6 Å². The molecule has 0 aliphatic heterocycles. The van der Waals surface area contributed by atoms with E-state index in [4.69, 9.17) is 4.98 Å². The summed E-state index contributed by atoms with van der Waals surface area (Å²) in [5, 5.41) is 0. The Hall–Kier alpha value is -1.70. The van der Waals surface area contributed by atoms with E-state index >= 15 is 0 Å². The molecular formula is C31H48N2. The molecule has 2 heteroatoms. The third kappa shape index (κ3) is 8.87. The average molecular weight is 449 g/mol. The van der Waals surface area contributed by atoms with E-state index in [1.165, 1.54) is 119 Å². The molecule has 2 aromatic rings. The molecule has 1 aliphatic carbocycles. The van der Waals surface area contributed by atoms with Crippen molar-refractivity contribution >= 4 is 0 Å². The van der Waals surface area contributed by atoms with Crippen LogP contribution in [0.3, 0.4) is 0 Å². The molecule has 1 aromatic carbocycles. The first-order chi connectivity index (χ1) is 16.3. The van der Waals surface area contributed by atoms with Crippen LogP contribution in [0.4, 0.5) is 0 Å². The van der Waals surface area contributed by atoms with Gasteiger partial charge in [0, 0.05) is 11.8 Å². The molecule has 1 aliphatic rings. The number of benzene rings is 1. The molecular weight excluding hydrogens is 400 g/mol. The van der Waals surface area contributed by atoms with Crippen molar-refractivity contribution in [3.8, 4) is 11.3 Å². The van der Waals surface area contributed by atoms with Gasteiger partial charge in [0.25, 0.3) is 0 Å². The fourth-order valence-electron chi connectivity index (χ4n) is 5.69. The van der Waals surface area contributed by atoms with Gasteiger partial charge in [-0.1, -0.05) is 122 Å². The molecule has 1 saturated carbocycles. The fourth-order valence-corrected chi connectivity index (χ4v) is 5.69. The zero-order valence-corrected chi connectivity index (χ0v) is 21.5. The van der Waals surface area contributed by atoms with E-state index in [2.05, 4.69) is 49.3 Å². The molecule has 182 valence electrons. The Balaban J connectivity index is 1.53. The Labute approximate surface area is 204 Å². The van der Waals surface area contributed by atoms with Gasteiger partial charge in [0.05, 0.1) is 5.69 Å². The van der Waals surface area contributed by atoms with Crippen molar-refractivity contribution in [2.24, 2.45) is 11.8 Å². The molecule has 0 bridgehead atoms. The van der Waals surface area contributed by atoms with Crippen molar-refractivity contribution in [3.63, 3.8) is 0 Å². The summed E-state index contributed by atoms with van der Waals surface area (Å²) < 4.78 is 0. The predicted molar refractivity (Wildman–Crippen MR) is 142 cm³/mol. The van der Waals surface area contributed by atoms with E-state index in [9.17, 15) is 0 Å². The summed E-state index contributed by atoms with van der Waals surface area (Å²) in [5.41, 5.74) is 5.32. The lowest BCUT2D eigenvalue weighted by Crippen LogP contribution is -2.15. The maximum atomic E-state index is 4.79. The quantitative estimate of drug-likeness (QED) is 0.254. The topological polar surface area (TPSA) is 25.8 Å². The summed E-state index contributed by atoms with van der Waals surface area (Å²) in [7, 11) is 0. The lowest BCUT2D eigenvalue weighted by molar-refractivity contribution is 0.250. The Kier molecular flexibility index (Phi) is 12.0. The third-order valence-corrected chi connectivity index (χ3v) is 7.86. The normalized spacial score (nSPS) is 18.5. The average Bonchev–Trinajstić information content (AvgIpc) is 2.87. The lowest BCUT2D eigenvalue weighted by atomic mass is 9.77. The second-order valence-electron chi connectivity index (χ2n) is 10.5. The highest BCUT2D eigenvalue weighted by molar-refractivity contribution is 5.66. The van der Waals surface area contributed by atoms with Crippen LogP contribution in [-0.4, -0.2) is 9.97 Å². The van der Waals surface area contributed by atoms with Crippen LogP contribution < -0.4 is 0 Å². The minimum Gasteiger partial charge on any atom is -0.244 e. The van der Waals surface area contributed by atoms with Crippen molar-refractivity contribution in [1.29, 1.82) is 0 Å². The van der Waals surface area contributed by atoms with Gasteiger partial charge in [-0.25, -0.2) is 9.97 Å². The van der Waals surface area contributed by atoms with Crippen molar-refractivity contribution in [2.45, 2.75) is 123 Å². The molecule has 0 saturated heterocycles. The molecule has 33 heavy (non-hydrogen) atoms. The van der Waals surface area contributed by atoms with Gasteiger partial charge in [0.15, 0.2) is 0 Å². The van der Waals surface area contributed by atoms with Crippen molar-refractivity contribution in [1.82, 2.24) is 9.97 Å². The highest BCUT2D eigenvalue weighted by Gasteiger charge is 2.21. The first kappa shape index (κ1) is 25.9. The molecule has 0 amide bonds. The molecule has 0 radical (unpaired) electrons. The van der Waals surface area contributed by atoms with E-state index < -0.39 is 0 Å². The van der Waals surface area contributed by atoms with Gasteiger partial charge in [-0.15, -0.1) is 0 Å². The largest absolute Gasteiger partial charge is 0.244 e. The lowest BCUT2D eigenvalue weighted by Gasteiger charge is -2.28. The summed E-state index contributed by atoms with van der Waals surface area (Å²) in [6, 6.07) is 8.96. The molecule has 1 fully saturated rings. The minimum atomic E-state index is 0.888. The molecule has 0 N–H and O–H groups in total.